The van der Waals surface area contributed by atoms with E-state index in [1.165, 1.54) is 18.2 Å². The summed E-state index contributed by atoms with van der Waals surface area (Å²) in [6, 6.07) is 4.06. The third-order valence-corrected chi connectivity index (χ3v) is 3.39. The molecule has 0 aliphatic rings. The molecule has 0 atom stereocenters. The van der Waals surface area contributed by atoms with E-state index in [2.05, 4.69) is 11.8 Å². The van der Waals surface area contributed by atoms with E-state index in [-0.39, 0.29) is 17.5 Å². The predicted molar refractivity (Wildman–Crippen MR) is 75.3 cm³/mol. The fourth-order valence-corrected chi connectivity index (χ4v) is 2.57. The molecule has 1 aromatic rings. The highest BCUT2D eigenvalue weighted by Crippen LogP contribution is 2.45. The Kier molecular flexibility index (Phi) is 5.00. The molecule has 0 aliphatic carbocycles. The Morgan fingerprint density at radius 1 is 1.47 bits per heavy atom. The summed E-state index contributed by atoms with van der Waals surface area (Å²) in [6.07, 6.45) is -0.322. The molecule has 2 N–H and O–H groups in total. The molecule has 0 radical (unpaired) electrons. The number of hydrogen-bond acceptors (Lipinski definition) is 4. The summed E-state index contributed by atoms with van der Waals surface area (Å²) in [7, 11) is 0. The Labute approximate surface area is 115 Å². The van der Waals surface area contributed by atoms with Gasteiger partial charge < -0.3 is 9.79 Å². The summed E-state index contributed by atoms with van der Waals surface area (Å²) in [5.41, 5.74) is 0.589. The quantitative estimate of drug-likeness (QED) is 0.489. The first-order chi connectivity index (χ1) is 8.62. The van der Waals surface area contributed by atoms with Gasteiger partial charge in [-0.15, -0.1) is 0 Å². The van der Waals surface area contributed by atoms with Crippen molar-refractivity contribution in [1.29, 1.82) is 0 Å². The second-order valence-corrected chi connectivity index (χ2v) is 7.03. The van der Waals surface area contributed by atoms with E-state index in [0.717, 1.165) is 4.83 Å². The van der Waals surface area contributed by atoms with Gasteiger partial charge in [0.1, 0.15) is 0 Å². The predicted octanol–water partition coefficient (Wildman–Crippen LogP) is 2.26. The SMILES string of the molecule is Cc1cc(N(OC(C)C)P(O)(O)=S)ccc1[N+](=O)[O-]. The van der Waals surface area contributed by atoms with Gasteiger partial charge in [0, 0.05) is 11.6 Å². The lowest BCUT2D eigenvalue weighted by Crippen LogP contribution is -2.24. The van der Waals surface area contributed by atoms with Crippen molar-refractivity contribution < 1.29 is 19.5 Å². The van der Waals surface area contributed by atoms with Gasteiger partial charge in [-0.2, -0.15) is 4.83 Å². The summed E-state index contributed by atoms with van der Waals surface area (Å²) in [5, 5.41) is 10.7. The largest absolute Gasteiger partial charge is 0.328 e. The molecule has 1 aromatic carbocycles. The van der Waals surface area contributed by atoms with Crippen molar-refractivity contribution in [1.82, 2.24) is 0 Å². The van der Waals surface area contributed by atoms with Gasteiger partial charge in [0.2, 0.25) is 0 Å². The maximum absolute atomic E-state index is 10.7. The van der Waals surface area contributed by atoms with Gasteiger partial charge >= 0.3 is 6.64 Å². The van der Waals surface area contributed by atoms with E-state index < -0.39 is 11.6 Å². The van der Waals surface area contributed by atoms with Gasteiger partial charge in [-0.25, -0.2) is 0 Å². The minimum atomic E-state index is -3.84. The van der Waals surface area contributed by atoms with Crippen LogP contribution in [-0.2, 0) is 16.6 Å². The van der Waals surface area contributed by atoms with Crippen LogP contribution in [0.15, 0.2) is 18.2 Å². The number of nitrogens with zero attached hydrogens (tertiary/aromatic N) is 2. The summed E-state index contributed by atoms with van der Waals surface area (Å²) in [4.78, 5) is 35.5. The number of nitro benzene ring substituents is 1. The third kappa shape index (κ3) is 4.22. The van der Waals surface area contributed by atoms with Crippen LogP contribution in [0.4, 0.5) is 11.4 Å². The molecule has 0 saturated carbocycles. The normalized spacial score (nSPS) is 11.7. The molecule has 106 valence electrons. The number of aryl methyl sites for hydroxylation is 1. The molecule has 19 heavy (non-hydrogen) atoms. The zero-order chi connectivity index (χ0) is 14.8. The maximum Gasteiger partial charge on any atom is 0.308 e. The Bertz CT molecular complexity index is 531. The minimum absolute atomic E-state index is 0.0579. The first kappa shape index (κ1) is 16.0. The molecule has 0 heterocycles. The fourth-order valence-electron chi connectivity index (χ4n) is 1.44. The van der Waals surface area contributed by atoms with Crippen molar-refractivity contribution in [2.75, 3.05) is 4.83 Å². The number of benzene rings is 1. The molecule has 0 spiro atoms. The summed E-state index contributed by atoms with van der Waals surface area (Å²) < 4.78 is 0. The lowest BCUT2D eigenvalue weighted by molar-refractivity contribution is -0.385. The first-order valence-electron chi connectivity index (χ1n) is 5.41. The second-order valence-electron chi connectivity index (χ2n) is 4.17. The van der Waals surface area contributed by atoms with E-state index in [1.54, 1.807) is 20.8 Å². The molecule has 0 unspecified atom stereocenters. The average molecular weight is 306 g/mol. The Morgan fingerprint density at radius 3 is 2.42 bits per heavy atom. The smallest absolute Gasteiger partial charge is 0.308 e. The highest BCUT2D eigenvalue weighted by molar-refractivity contribution is 8.09. The van der Waals surface area contributed by atoms with Gasteiger partial charge in [0.15, 0.2) is 0 Å². The molecule has 0 amide bonds. The first-order valence-corrected chi connectivity index (χ1v) is 8.07. The van der Waals surface area contributed by atoms with E-state index >= 15 is 0 Å². The van der Waals surface area contributed by atoms with Gasteiger partial charge in [0.25, 0.3) is 5.69 Å². The lowest BCUT2D eigenvalue weighted by atomic mass is 10.2. The van der Waals surface area contributed by atoms with Gasteiger partial charge in [-0.05, 0) is 44.7 Å². The molecule has 7 nitrogen and oxygen atoms in total. The van der Waals surface area contributed by atoms with Crippen molar-refractivity contribution in [2.45, 2.75) is 26.9 Å². The standard InChI is InChI=1S/C10H15N2O5PS/c1-7(2)17-12(18(15,16)19)9-4-5-10(11(13)14)8(3)6-9/h4-7H,1-3H3,(H2,15,16,19). The Hall–Kier alpha value is -1.05. The van der Waals surface area contributed by atoms with E-state index in [1.807, 2.05) is 0 Å². The second kappa shape index (κ2) is 5.94. The van der Waals surface area contributed by atoms with Crippen LogP contribution in [0.3, 0.4) is 0 Å². The van der Waals surface area contributed by atoms with Crippen LogP contribution in [0.1, 0.15) is 19.4 Å². The summed E-state index contributed by atoms with van der Waals surface area (Å²) >= 11 is 4.62. The molecule has 1 rings (SSSR count). The Morgan fingerprint density at radius 2 is 2.05 bits per heavy atom. The van der Waals surface area contributed by atoms with Crippen LogP contribution < -0.4 is 4.83 Å². The molecule has 0 bridgehead atoms. The zero-order valence-electron chi connectivity index (χ0n) is 10.7. The van der Waals surface area contributed by atoms with Crippen molar-refractivity contribution in [3.8, 4) is 0 Å². The minimum Gasteiger partial charge on any atom is -0.328 e. The highest BCUT2D eigenvalue weighted by atomic mass is 32.5. The zero-order valence-corrected chi connectivity index (χ0v) is 12.4. The monoisotopic (exact) mass is 306 g/mol. The van der Waals surface area contributed by atoms with E-state index in [4.69, 9.17) is 4.84 Å². The van der Waals surface area contributed by atoms with Crippen LogP contribution in [0.25, 0.3) is 0 Å². The summed E-state index contributed by atoms with van der Waals surface area (Å²) in [6.45, 7) is 1.12. The molecular weight excluding hydrogens is 291 g/mol. The topological polar surface area (TPSA) is 96.1 Å². The van der Waals surface area contributed by atoms with Crippen molar-refractivity contribution in [3.05, 3.63) is 33.9 Å². The molecule has 0 fully saturated rings. The van der Waals surface area contributed by atoms with Gasteiger partial charge in [-0.1, -0.05) is 0 Å². The van der Waals surface area contributed by atoms with Crippen molar-refractivity contribution >= 4 is 29.8 Å². The van der Waals surface area contributed by atoms with Crippen LogP contribution in [0, 0.1) is 17.0 Å². The lowest BCUT2D eigenvalue weighted by Gasteiger charge is -2.28. The average Bonchev–Trinajstić information content (AvgIpc) is 2.23. The maximum atomic E-state index is 10.7. The van der Waals surface area contributed by atoms with Crippen LogP contribution in [0.5, 0.6) is 0 Å². The fraction of sp³-hybridized carbons (Fsp3) is 0.400. The van der Waals surface area contributed by atoms with Crippen LogP contribution in [-0.4, -0.2) is 20.8 Å². The van der Waals surface area contributed by atoms with Crippen molar-refractivity contribution in [2.24, 2.45) is 0 Å². The van der Waals surface area contributed by atoms with Gasteiger partial charge in [-0.3, -0.25) is 15.0 Å². The summed E-state index contributed by atoms with van der Waals surface area (Å²) in [5.74, 6) is 0. The third-order valence-electron chi connectivity index (χ3n) is 2.15. The molecule has 0 saturated heterocycles. The van der Waals surface area contributed by atoms with Crippen LogP contribution >= 0.6 is 6.64 Å². The molecular formula is C10H15N2O5PS. The number of hydrogen-bond donors (Lipinski definition) is 2. The molecule has 0 aliphatic heterocycles. The van der Waals surface area contributed by atoms with Crippen molar-refractivity contribution in [3.63, 3.8) is 0 Å². The number of anilines is 1. The van der Waals surface area contributed by atoms with E-state index in [9.17, 15) is 19.9 Å². The van der Waals surface area contributed by atoms with Crippen LogP contribution in [0.2, 0.25) is 0 Å². The van der Waals surface area contributed by atoms with Gasteiger partial charge in [0.05, 0.1) is 16.7 Å². The Balaban J connectivity index is 3.21. The number of nitro groups is 1. The molecule has 9 heteroatoms. The number of rotatable bonds is 5. The van der Waals surface area contributed by atoms with E-state index in [0.29, 0.717) is 5.56 Å². The molecule has 0 aromatic heterocycles. The highest BCUT2D eigenvalue weighted by Gasteiger charge is 2.25.